The number of ether oxygens (including phenoxy) is 2. The van der Waals surface area contributed by atoms with E-state index in [-0.39, 0.29) is 11.7 Å². The molecule has 1 amide bonds. The number of nitrogens with zero attached hydrogens (tertiary/aromatic N) is 3. The molecule has 0 bridgehead atoms. The van der Waals surface area contributed by atoms with E-state index in [1.165, 1.54) is 7.11 Å². The normalized spacial score (nSPS) is 11.1. The molecule has 0 atom stereocenters. The van der Waals surface area contributed by atoms with Crippen LogP contribution in [-0.2, 0) is 48.5 Å². The third kappa shape index (κ3) is 8.98. The van der Waals surface area contributed by atoms with Gasteiger partial charge in [-0.05, 0) is 72.4 Å². The van der Waals surface area contributed by atoms with Crippen LogP contribution in [0.5, 0.6) is 0 Å². The summed E-state index contributed by atoms with van der Waals surface area (Å²) < 4.78 is 12.7. The molecule has 5 aromatic rings. The second kappa shape index (κ2) is 16.7. The highest BCUT2D eigenvalue weighted by Gasteiger charge is 2.20. The summed E-state index contributed by atoms with van der Waals surface area (Å²) in [6.45, 7) is 5.24. The van der Waals surface area contributed by atoms with Crippen molar-refractivity contribution in [2.24, 2.45) is 11.5 Å². The summed E-state index contributed by atoms with van der Waals surface area (Å²) in [5.41, 5.74) is 18.9. The SMILES string of the molecule is CCOCCCn1c(CCc2ccc(C(=N)N)cc2)nc2cc(C(=O)N(Cc3ccc(CN)cc3)Cc3ccc(C(=O)OC)cc3)ccc21. The van der Waals surface area contributed by atoms with Crippen LogP contribution in [-0.4, -0.2) is 52.5 Å². The van der Waals surface area contributed by atoms with Crippen LogP contribution in [0.1, 0.15) is 67.7 Å². The summed E-state index contributed by atoms with van der Waals surface area (Å²) in [4.78, 5) is 33.0. The van der Waals surface area contributed by atoms with E-state index in [0.29, 0.717) is 56.0 Å². The molecule has 0 saturated carbocycles. The number of imidazole rings is 1. The quantitative estimate of drug-likeness (QED) is 0.0538. The Kier molecular flexibility index (Phi) is 11.9. The molecule has 49 heavy (non-hydrogen) atoms. The van der Waals surface area contributed by atoms with Crippen LogP contribution in [0.25, 0.3) is 11.0 Å². The lowest BCUT2D eigenvalue weighted by molar-refractivity contribution is 0.0600. The Bertz CT molecular complexity index is 1880. The number of fused-ring (bicyclic) bond motifs is 1. The average molecular weight is 661 g/mol. The Morgan fingerprint density at radius 1 is 0.816 bits per heavy atom. The number of benzene rings is 4. The van der Waals surface area contributed by atoms with Crippen LogP contribution in [0.3, 0.4) is 0 Å². The number of nitrogens with one attached hydrogen (secondary N) is 1. The van der Waals surface area contributed by atoms with Gasteiger partial charge in [-0.3, -0.25) is 10.2 Å². The number of carbonyl (C=O) groups is 2. The smallest absolute Gasteiger partial charge is 0.337 e. The van der Waals surface area contributed by atoms with Gasteiger partial charge in [0, 0.05) is 56.9 Å². The number of hydrogen-bond acceptors (Lipinski definition) is 7. The number of rotatable bonds is 16. The van der Waals surface area contributed by atoms with E-state index in [0.717, 1.165) is 58.5 Å². The first kappa shape index (κ1) is 35.0. The van der Waals surface area contributed by atoms with Crippen molar-refractivity contribution in [2.45, 2.75) is 52.4 Å². The molecular formula is C39H44N6O4. The maximum atomic E-state index is 14.2. The Labute approximate surface area is 287 Å². The molecule has 4 aromatic carbocycles. The Morgan fingerprint density at radius 2 is 1.41 bits per heavy atom. The fraction of sp³-hybridized carbons (Fsp3) is 0.282. The molecular weight excluding hydrogens is 616 g/mol. The lowest BCUT2D eigenvalue weighted by Crippen LogP contribution is -2.30. The zero-order valence-electron chi connectivity index (χ0n) is 28.2. The first-order valence-electron chi connectivity index (χ1n) is 16.5. The summed E-state index contributed by atoms with van der Waals surface area (Å²) in [5.74, 6) is 0.456. The number of amides is 1. The molecule has 10 nitrogen and oxygen atoms in total. The minimum absolute atomic E-state index is 0.0486. The fourth-order valence-corrected chi connectivity index (χ4v) is 5.80. The maximum absolute atomic E-state index is 14.2. The van der Waals surface area contributed by atoms with Crippen molar-refractivity contribution < 1.29 is 19.1 Å². The van der Waals surface area contributed by atoms with Crippen LogP contribution in [0.15, 0.2) is 91.0 Å². The Balaban J connectivity index is 1.43. The predicted molar refractivity (Wildman–Crippen MR) is 191 cm³/mol. The van der Waals surface area contributed by atoms with Gasteiger partial charge in [0.15, 0.2) is 0 Å². The molecule has 0 aliphatic carbocycles. The number of hydrogen-bond donors (Lipinski definition) is 3. The van der Waals surface area contributed by atoms with E-state index in [4.69, 9.17) is 31.3 Å². The minimum Gasteiger partial charge on any atom is -0.465 e. The van der Waals surface area contributed by atoms with Crippen molar-refractivity contribution in [3.8, 4) is 0 Å². The number of aryl methyl sites for hydroxylation is 3. The molecule has 0 aliphatic heterocycles. The molecule has 1 aromatic heterocycles. The zero-order chi connectivity index (χ0) is 34.8. The monoisotopic (exact) mass is 660 g/mol. The first-order chi connectivity index (χ1) is 23.8. The molecule has 0 aliphatic rings. The average Bonchev–Trinajstić information content (AvgIpc) is 3.48. The minimum atomic E-state index is -0.407. The number of esters is 1. The lowest BCUT2D eigenvalue weighted by Gasteiger charge is -2.23. The van der Waals surface area contributed by atoms with Gasteiger partial charge in [0.2, 0.25) is 0 Å². The van der Waals surface area contributed by atoms with Crippen LogP contribution in [0.4, 0.5) is 0 Å². The molecule has 5 N–H and O–H groups in total. The number of amidine groups is 1. The van der Waals surface area contributed by atoms with Crippen molar-refractivity contribution in [1.82, 2.24) is 14.5 Å². The number of methoxy groups -OCH3 is 1. The fourth-order valence-electron chi connectivity index (χ4n) is 5.80. The largest absolute Gasteiger partial charge is 0.465 e. The number of carbonyl (C=O) groups excluding carboxylic acids is 2. The molecule has 0 unspecified atom stereocenters. The van der Waals surface area contributed by atoms with E-state index >= 15 is 0 Å². The first-order valence-corrected chi connectivity index (χ1v) is 16.5. The van der Waals surface area contributed by atoms with Crippen LogP contribution < -0.4 is 11.5 Å². The van der Waals surface area contributed by atoms with Gasteiger partial charge in [-0.15, -0.1) is 0 Å². The van der Waals surface area contributed by atoms with Gasteiger partial charge in [-0.1, -0.05) is 60.7 Å². The van der Waals surface area contributed by atoms with Gasteiger partial charge in [0.25, 0.3) is 5.91 Å². The second-order valence-electron chi connectivity index (χ2n) is 11.9. The molecule has 10 heteroatoms. The van der Waals surface area contributed by atoms with E-state index in [1.807, 2.05) is 85.8 Å². The van der Waals surface area contributed by atoms with Crippen LogP contribution in [0.2, 0.25) is 0 Å². The number of aromatic nitrogens is 2. The van der Waals surface area contributed by atoms with Gasteiger partial charge in [0.1, 0.15) is 11.7 Å². The number of nitrogen functional groups attached to an aromatic ring is 1. The van der Waals surface area contributed by atoms with Crippen LogP contribution >= 0.6 is 0 Å². The standard InChI is InChI=1S/C39H44N6O4/c1-3-49-22-4-21-45-35-19-18-33(23-34(35)43-36(45)20-13-27-9-14-31(15-10-27)37(41)42)38(46)44(25-29-7-5-28(24-40)6-8-29)26-30-11-16-32(17-12-30)39(47)48-2/h5-12,14-19,23H,3-4,13,20-22,24-26,40H2,1-2H3,(H3,41,42). The van der Waals surface area contributed by atoms with Crippen molar-refractivity contribution >= 4 is 28.7 Å². The predicted octanol–water partition coefficient (Wildman–Crippen LogP) is 5.62. The summed E-state index contributed by atoms with van der Waals surface area (Å²) in [6, 6.07) is 28.5. The van der Waals surface area contributed by atoms with Gasteiger partial charge in [-0.25, -0.2) is 9.78 Å². The van der Waals surface area contributed by atoms with E-state index < -0.39 is 5.97 Å². The summed E-state index contributed by atoms with van der Waals surface area (Å²) in [5, 5.41) is 7.66. The van der Waals surface area contributed by atoms with Gasteiger partial charge in [0.05, 0.1) is 23.7 Å². The Hall–Kier alpha value is -5.32. The van der Waals surface area contributed by atoms with Gasteiger partial charge < -0.3 is 30.4 Å². The summed E-state index contributed by atoms with van der Waals surface area (Å²) in [7, 11) is 1.35. The molecule has 1 heterocycles. The number of nitrogens with two attached hydrogens (primary N) is 2. The van der Waals surface area contributed by atoms with Crippen molar-refractivity contribution in [2.75, 3.05) is 20.3 Å². The second-order valence-corrected chi connectivity index (χ2v) is 11.9. The topological polar surface area (TPSA) is 150 Å². The third-order valence-corrected chi connectivity index (χ3v) is 8.52. The lowest BCUT2D eigenvalue weighted by atomic mass is 10.1. The van der Waals surface area contributed by atoms with E-state index in [2.05, 4.69) is 4.57 Å². The van der Waals surface area contributed by atoms with E-state index in [1.54, 1.807) is 17.0 Å². The van der Waals surface area contributed by atoms with Crippen molar-refractivity contribution in [3.63, 3.8) is 0 Å². The third-order valence-electron chi connectivity index (χ3n) is 8.52. The molecule has 254 valence electrons. The molecule has 0 fully saturated rings. The van der Waals surface area contributed by atoms with Crippen LogP contribution in [0, 0.1) is 5.41 Å². The zero-order valence-corrected chi connectivity index (χ0v) is 28.2. The highest BCUT2D eigenvalue weighted by atomic mass is 16.5. The molecule has 0 saturated heterocycles. The van der Waals surface area contributed by atoms with Crippen molar-refractivity contribution in [3.05, 3.63) is 136 Å². The van der Waals surface area contributed by atoms with Gasteiger partial charge in [-0.2, -0.15) is 0 Å². The van der Waals surface area contributed by atoms with E-state index in [9.17, 15) is 9.59 Å². The highest BCUT2D eigenvalue weighted by Crippen LogP contribution is 2.23. The van der Waals surface area contributed by atoms with Crippen molar-refractivity contribution in [1.29, 1.82) is 5.41 Å². The van der Waals surface area contributed by atoms with Gasteiger partial charge >= 0.3 is 5.97 Å². The summed E-state index contributed by atoms with van der Waals surface area (Å²) in [6.07, 6.45) is 2.31. The highest BCUT2D eigenvalue weighted by molar-refractivity contribution is 5.97. The maximum Gasteiger partial charge on any atom is 0.337 e. The Morgan fingerprint density at radius 3 is 2.02 bits per heavy atom. The molecule has 0 radical (unpaired) electrons. The molecule has 0 spiro atoms. The summed E-state index contributed by atoms with van der Waals surface area (Å²) >= 11 is 0. The molecule has 5 rings (SSSR count).